The number of hydrogen-bond acceptors (Lipinski definition) is 5. The number of carbonyl (C=O) groups excluding carboxylic acids is 1. The lowest BCUT2D eigenvalue weighted by Gasteiger charge is -2.34. The Kier molecular flexibility index (Phi) is 5.67. The first-order chi connectivity index (χ1) is 13.7. The van der Waals surface area contributed by atoms with Gasteiger partial charge in [0.1, 0.15) is 5.75 Å². The molecule has 2 aliphatic rings. The van der Waals surface area contributed by atoms with Crippen molar-refractivity contribution in [2.24, 2.45) is 0 Å². The first kappa shape index (κ1) is 18.6. The lowest BCUT2D eigenvalue weighted by molar-refractivity contribution is 0.0628. The standard InChI is InChI=1S/C22H26N2O4/c1-2-13-26-19-6-4-18(5-7-19)22(25)24-11-9-23(10-12-24)15-17-3-8-20-21(14-17)28-16-27-20/h3-8,14H,2,9-13,15-16H2,1H3. The van der Waals surface area contributed by atoms with E-state index in [-0.39, 0.29) is 5.91 Å². The predicted molar refractivity (Wildman–Crippen MR) is 106 cm³/mol. The van der Waals surface area contributed by atoms with Crippen LogP contribution in [0.2, 0.25) is 0 Å². The fourth-order valence-corrected chi connectivity index (χ4v) is 3.50. The zero-order chi connectivity index (χ0) is 19.3. The van der Waals surface area contributed by atoms with Crippen LogP contribution in [0.4, 0.5) is 0 Å². The van der Waals surface area contributed by atoms with Gasteiger partial charge in [-0.15, -0.1) is 0 Å². The minimum absolute atomic E-state index is 0.0878. The maximum atomic E-state index is 12.8. The number of piperazine rings is 1. The number of amides is 1. The van der Waals surface area contributed by atoms with Crippen molar-refractivity contribution in [3.8, 4) is 17.2 Å². The fraction of sp³-hybridized carbons (Fsp3) is 0.409. The third-order valence-corrected chi connectivity index (χ3v) is 5.08. The van der Waals surface area contributed by atoms with Crippen LogP contribution in [0.15, 0.2) is 42.5 Å². The highest BCUT2D eigenvalue weighted by atomic mass is 16.7. The summed E-state index contributed by atoms with van der Waals surface area (Å²) in [6.07, 6.45) is 0.969. The summed E-state index contributed by atoms with van der Waals surface area (Å²) in [5.74, 6) is 2.53. The zero-order valence-electron chi connectivity index (χ0n) is 16.2. The van der Waals surface area contributed by atoms with Crippen molar-refractivity contribution in [1.29, 1.82) is 0 Å². The average molecular weight is 382 g/mol. The van der Waals surface area contributed by atoms with Crippen LogP contribution in [0.5, 0.6) is 17.2 Å². The highest BCUT2D eigenvalue weighted by Gasteiger charge is 2.23. The predicted octanol–water partition coefficient (Wildman–Crippen LogP) is 3.16. The number of hydrogen-bond donors (Lipinski definition) is 0. The second kappa shape index (κ2) is 8.52. The van der Waals surface area contributed by atoms with Gasteiger partial charge in [-0.2, -0.15) is 0 Å². The molecule has 0 saturated carbocycles. The molecule has 1 amide bonds. The van der Waals surface area contributed by atoms with Crippen molar-refractivity contribution >= 4 is 5.91 Å². The molecule has 2 heterocycles. The number of nitrogens with zero attached hydrogens (tertiary/aromatic N) is 2. The molecular weight excluding hydrogens is 356 g/mol. The number of fused-ring (bicyclic) bond motifs is 1. The minimum atomic E-state index is 0.0878. The molecule has 0 radical (unpaired) electrons. The molecule has 28 heavy (non-hydrogen) atoms. The van der Waals surface area contributed by atoms with Crippen molar-refractivity contribution in [3.63, 3.8) is 0 Å². The molecular formula is C22H26N2O4. The molecule has 1 fully saturated rings. The number of rotatable bonds is 6. The molecule has 0 N–H and O–H groups in total. The van der Waals surface area contributed by atoms with Crippen molar-refractivity contribution < 1.29 is 19.0 Å². The van der Waals surface area contributed by atoms with Crippen molar-refractivity contribution in [2.45, 2.75) is 19.9 Å². The Morgan fingerprint density at radius 1 is 1.00 bits per heavy atom. The molecule has 0 unspecified atom stereocenters. The van der Waals surface area contributed by atoms with E-state index in [9.17, 15) is 4.79 Å². The molecule has 2 aromatic carbocycles. The van der Waals surface area contributed by atoms with E-state index in [0.717, 1.165) is 56.4 Å². The maximum Gasteiger partial charge on any atom is 0.253 e. The van der Waals surface area contributed by atoms with E-state index < -0.39 is 0 Å². The minimum Gasteiger partial charge on any atom is -0.494 e. The van der Waals surface area contributed by atoms with Gasteiger partial charge in [0.2, 0.25) is 6.79 Å². The third kappa shape index (κ3) is 4.22. The highest BCUT2D eigenvalue weighted by Crippen LogP contribution is 2.32. The molecule has 0 spiro atoms. The molecule has 148 valence electrons. The Balaban J connectivity index is 1.29. The van der Waals surface area contributed by atoms with Crippen molar-refractivity contribution in [3.05, 3.63) is 53.6 Å². The molecule has 0 aromatic heterocycles. The van der Waals surface area contributed by atoms with Crippen molar-refractivity contribution in [1.82, 2.24) is 9.80 Å². The van der Waals surface area contributed by atoms with E-state index in [2.05, 4.69) is 17.9 Å². The summed E-state index contributed by atoms with van der Waals surface area (Å²) in [5, 5.41) is 0. The summed E-state index contributed by atoms with van der Waals surface area (Å²) in [5.41, 5.74) is 1.92. The molecule has 0 bridgehead atoms. The van der Waals surface area contributed by atoms with Crippen LogP contribution in [0.25, 0.3) is 0 Å². The van der Waals surface area contributed by atoms with Gasteiger partial charge < -0.3 is 19.1 Å². The number of ether oxygens (including phenoxy) is 3. The topological polar surface area (TPSA) is 51.2 Å². The summed E-state index contributed by atoms with van der Waals surface area (Å²) < 4.78 is 16.4. The van der Waals surface area contributed by atoms with Crippen LogP contribution in [0.3, 0.4) is 0 Å². The maximum absolute atomic E-state index is 12.8. The summed E-state index contributed by atoms with van der Waals surface area (Å²) in [6, 6.07) is 13.5. The SMILES string of the molecule is CCCOc1ccc(C(=O)N2CCN(Cc3ccc4c(c3)OCO4)CC2)cc1. The Labute approximate surface area is 165 Å². The van der Waals surface area contributed by atoms with E-state index in [1.807, 2.05) is 41.3 Å². The van der Waals surface area contributed by atoms with Gasteiger partial charge in [0.05, 0.1) is 6.61 Å². The van der Waals surface area contributed by atoms with Gasteiger partial charge in [-0.05, 0) is 48.4 Å². The normalized spacial score (nSPS) is 16.2. The monoisotopic (exact) mass is 382 g/mol. The molecule has 2 aromatic rings. The molecule has 4 rings (SSSR count). The van der Waals surface area contributed by atoms with Crippen LogP contribution in [0.1, 0.15) is 29.3 Å². The smallest absolute Gasteiger partial charge is 0.253 e. The Morgan fingerprint density at radius 3 is 2.50 bits per heavy atom. The molecule has 6 nitrogen and oxygen atoms in total. The van der Waals surface area contributed by atoms with E-state index in [1.165, 1.54) is 5.56 Å². The summed E-state index contributed by atoms with van der Waals surface area (Å²) in [7, 11) is 0. The van der Waals surface area contributed by atoms with Crippen LogP contribution in [-0.2, 0) is 6.54 Å². The van der Waals surface area contributed by atoms with E-state index in [0.29, 0.717) is 19.0 Å². The van der Waals surface area contributed by atoms with E-state index >= 15 is 0 Å². The summed E-state index contributed by atoms with van der Waals surface area (Å²) in [4.78, 5) is 17.0. The van der Waals surface area contributed by atoms with Crippen LogP contribution < -0.4 is 14.2 Å². The first-order valence-electron chi connectivity index (χ1n) is 9.86. The molecule has 2 aliphatic heterocycles. The number of benzene rings is 2. The average Bonchev–Trinajstić information content (AvgIpc) is 3.20. The van der Waals surface area contributed by atoms with Crippen LogP contribution in [0, 0.1) is 0 Å². The summed E-state index contributed by atoms with van der Waals surface area (Å²) >= 11 is 0. The van der Waals surface area contributed by atoms with Crippen molar-refractivity contribution in [2.75, 3.05) is 39.6 Å². The van der Waals surface area contributed by atoms with Crippen LogP contribution in [-0.4, -0.2) is 55.3 Å². The molecule has 0 atom stereocenters. The summed E-state index contributed by atoms with van der Waals surface area (Å²) in [6.45, 7) is 7.10. The Morgan fingerprint density at radius 2 is 1.75 bits per heavy atom. The molecule has 0 aliphatic carbocycles. The van der Waals surface area contributed by atoms with Gasteiger partial charge in [-0.1, -0.05) is 13.0 Å². The van der Waals surface area contributed by atoms with Gasteiger partial charge in [0.15, 0.2) is 11.5 Å². The van der Waals surface area contributed by atoms with E-state index in [4.69, 9.17) is 14.2 Å². The Hall–Kier alpha value is -2.73. The second-order valence-electron chi connectivity index (χ2n) is 7.13. The molecule has 1 saturated heterocycles. The van der Waals surface area contributed by atoms with Crippen LogP contribution >= 0.6 is 0 Å². The second-order valence-corrected chi connectivity index (χ2v) is 7.13. The largest absolute Gasteiger partial charge is 0.494 e. The Bertz CT molecular complexity index is 814. The zero-order valence-corrected chi connectivity index (χ0v) is 16.2. The number of carbonyl (C=O) groups is 1. The molecule has 6 heteroatoms. The quantitative estimate of drug-likeness (QED) is 0.768. The third-order valence-electron chi connectivity index (χ3n) is 5.08. The van der Waals surface area contributed by atoms with Gasteiger partial charge in [-0.25, -0.2) is 0 Å². The van der Waals surface area contributed by atoms with Gasteiger partial charge >= 0.3 is 0 Å². The fourth-order valence-electron chi connectivity index (χ4n) is 3.50. The lowest BCUT2D eigenvalue weighted by atomic mass is 10.1. The lowest BCUT2D eigenvalue weighted by Crippen LogP contribution is -2.48. The van der Waals surface area contributed by atoms with Gasteiger partial charge in [0, 0.05) is 38.3 Å². The van der Waals surface area contributed by atoms with Gasteiger partial charge in [-0.3, -0.25) is 9.69 Å². The van der Waals surface area contributed by atoms with Gasteiger partial charge in [0.25, 0.3) is 5.91 Å². The van der Waals surface area contributed by atoms with E-state index in [1.54, 1.807) is 0 Å². The highest BCUT2D eigenvalue weighted by molar-refractivity contribution is 5.94. The first-order valence-corrected chi connectivity index (χ1v) is 9.86.